The number of rotatable bonds is 18. The minimum absolute atomic E-state index is 0.297. The first-order chi connectivity index (χ1) is 26.7. The largest absolute Gasteiger partial charge is 0.465 e. The lowest BCUT2D eigenvalue weighted by atomic mass is 10.3. The van der Waals surface area contributed by atoms with Gasteiger partial charge in [-0.05, 0) is 100 Å². The maximum Gasteiger partial charge on any atom is 0.322 e. The monoisotopic (exact) mass is 757 g/mol. The van der Waals surface area contributed by atoms with Gasteiger partial charge in [-0.3, -0.25) is 14.9 Å². The zero-order valence-corrected chi connectivity index (χ0v) is 31.3. The van der Waals surface area contributed by atoms with E-state index in [0.717, 1.165) is 28.7 Å². The van der Waals surface area contributed by atoms with Crippen LogP contribution in [0.5, 0.6) is 23.0 Å². The number of benzene rings is 4. The molecule has 6 aromatic rings. The van der Waals surface area contributed by atoms with E-state index in [1.165, 1.54) is 24.3 Å². The number of ether oxygens (including phenoxy) is 5. The van der Waals surface area contributed by atoms with E-state index in [1.807, 2.05) is 42.7 Å². The number of carbonyl (C=O) groups excluding carboxylic acids is 2. The smallest absolute Gasteiger partial charge is 0.322 e. The molecule has 1 N–H and O–H groups in total. The van der Waals surface area contributed by atoms with Crippen molar-refractivity contribution in [1.29, 1.82) is 0 Å². The normalized spacial score (nSPS) is 11.6. The maximum atomic E-state index is 13.1. The molecule has 55 heavy (non-hydrogen) atoms. The number of aromatic nitrogens is 4. The predicted molar refractivity (Wildman–Crippen MR) is 204 cm³/mol. The Morgan fingerprint density at radius 3 is 1.71 bits per heavy atom. The molecule has 0 unspecified atom stereocenters. The van der Waals surface area contributed by atoms with Gasteiger partial charge in [-0.15, -0.1) is 0 Å². The molecule has 290 valence electrons. The molecular weight excluding hydrogens is 712 g/mol. The first-order valence-corrected chi connectivity index (χ1v) is 18.1. The van der Waals surface area contributed by atoms with Gasteiger partial charge in [0.05, 0.1) is 48.4 Å². The highest BCUT2D eigenvalue weighted by Crippen LogP contribution is 2.28. The Balaban J connectivity index is 0.000000218. The van der Waals surface area contributed by atoms with Gasteiger partial charge in [0.1, 0.15) is 46.5 Å². The van der Waals surface area contributed by atoms with Crippen LogP contribution in [0, 0.1) is 11.6 Å². The van der Waals surface area contributed by atoms with Crippen molar-refractivity contribution in [2.24, 2.45) is 0 Å². The Hall–Kier alpha value is -5.70. The number of hydrogen-bond donors (Lipinski definition) is 1. The Morgan fingerprint density at radius 2 is 1.20 bits per heavy atom. The molecule has 0 spiro atoms. The van der Waals surface area contributed by atoms with Crippen LogP contribution in [-0.2, 0) is 38.6 Å². The predicted octanol–water partition coefficient (Wildman–Crippen LogP) is 7.86. The SMILES string of the molecule is CCOCCn1c(C=O)nc2ccc(Oc3ccc(F)cc3)cc21.CCOCCn1c(CN[C@@H](C)C(=O)OCC)nc2ccc(Oc3ccc(F)cc3)cc21. The number of imidazole rings is 2. The van der Waals surface area contributed by atoms with Crippen molar-refractivity contribution in [2.45, 2.75) is 53.4 Å². The highest BCUT2D eigenvalue weighted by Gasteiger charge is 2.17. The van der Waals surface area contributed by atoms with Crippen LogP contribution in [0.25, 0.3) is 22.1 Å². The quantitative estimate of drug-likeness (QED) is 0.0526. The maximum absolute atomic E-state index is 13.1. The molecule has 2 heterocycles. The average molecular weight is 758 g/mol. The van der Waals surface area contributed by atoms with Crippen LogP contribution in [0.2, 0.25) is 0 Å². The summed E-state index contributed by atoms with van der Waals surface area (Å²) in [4.78, 5) is 32.2. The second-order valence-corrected chi connectivity index (χ2v) is 12.1. The fourth-order valence-electron chi connectivity index (χ4n) is 5.58. The van der Waals surface area contributed by atoms with Crippen molar-refractivity contribution in [2.75, 3.05) is 33.0 Å². The number of halogens is 2. The number of nitrogens with zero attached hydrogens (tertiary/aromatic N) is 4. The summed E-state index contributed by atoms with van der Waals surface area (Å²) >= 11 is 0. The van der Waals surface area contributed by atoms with Crippen LogP contribution in [0.4, 0.5) is 8.78 Å². The second kappa shape index (κ2) is 20.1. The number of esters is 1. The van der Waals surface area contributed by atoms with Crippen LogP contribution in [0.3, 0.4) is 0 Å². The van der Waals surface area contributed by atoms with Crippen LogP contribution in [0.1, 0.15) is 44.1 Å². The molecule has 0 saturated carbocycles. The van der Waals surface area contributed by atoms with Crippen molar-refractivity contribution < 1.29 is 42.1 Å². The van der Waals surface area contributed by atoms with E-state index in [-0.39, 0.29) is 17.6 Å². The van der Waals surface area contributed by atoms with Gasteiger partial charge >= 0.3 is 5.97 Å². The van der Waals surface area contributed by atoms with Gasteiger partial charge < -0.3 is 32.8 Å². The van der Waals surface area contributed by atoms with E-state index in [2.05, 4.69) is 10.3 Å². The Morgan fingerprint density at radius 1 is 0.709 bits per heavy atom. The topological polar surface area (TPSA) is 128 Å². The van der Waals surface area contributed by atoms with E-state index in [0.29, 0.717) is 87.0 Å². The summed E-state index contributed by atoms with van der Waals surface area (Å²) in [5.41, 5.74) is 3.19. The molecule has 1 atom stereocenters. The summed E-state index contributed by atoms with van der Waals surface area (Å²) < 4.78 is 57.5. The Kier molecular flexibility index (Phi) is 14.8. The number of nitrogens with one attached hydrogen (secondary N) is 1. The Labute approximate surface area is 317 Å². The van der Waals surface area contributed by atoms with Gasteiger partial charge in [0, 0.05) is 38.4 Å². The van der Waals surface area contributed by atoms with Crippen molar-refractivity contribution >= 4 is 34.3 Å². The molecule has 0 bridgehead atoms. The highest BCUT2D eigenvalue weighted by molar-refractivity contribution is 5.84. The van der Waals surface area contributed by atoms with Gasteiger partial charge in [0.2, 0.25) is 0 Å². The lowest BCUT2D eigenvalue weighted by Gasteiger charge is -2.14. The highest BCUT2D eigenvalue weighted by atomic mass is 19.1. The molecule has 0 fully saturated rings. The zero-order valence-electron chi connectivity index (χ0n) is 31.3. The molecule has 0 aliphatic rings. The van der Waals surface area contributed by atoms with Crippen molar-refractivity contribution in [3.8, 4) is 23.0 Å². The zero-order chi connectivity index (χ0) is 39.2. The molecular formula is C41H45F2N5O7. The Bertz CT molecular complexity index is 2150. The molecule has 0 aliphatic heterocycles. The summed E-state index contributed by atoms with van der Waals surface area (Å²) in [6.07, 6.45) is 0.729. The number of hydrogen-bond acceptors (Lipinski definition) is 10. The fourth-order valence-corrected chi connectivity index (χ4v) is 5.58. The summed E-state index contributed by atoms with van der Waals surface area (Å²) in [5.74, 6) is 2.49. The van der Waals surface area contributed by atoms with E-state index in [9.17, 15) is 18.4 Å². The summed E-state index contributed by atoms with van der Waals surface area (Å²) in [6.45, 7) is 11.5. The summed E-state index contributed by atoms with van der Waals surface area (Å²) in [5, 5.41) is 3.17. The van der Waals surface area contributed by atoms with E-state index < -0.39 is 6.04 Å². The molecule has 0 saturated heterocycles. The van der Waals surface area contributed by atoms with Crippen LogP contribution in [-0.4, -0.2) is 70.4 Å². The van der Waals surface area contributed by atoms with Gasteiger partial charge in [-0.2, -0.15) is 0 Å². The lowest BCUT2D eigenvalue weighted by molar-refractivity contribution is -0.145. The minimum atomic E-state index is -0.447. The van der Waals surface area contributed by atoms with Gasteiger partial charge in [0.25, 0.3) is 0 Å². The van der Waals surface area contributed by atoms with Crippen LogP contribution >= 0.6 is 0 Å². The molecule has 0 aliphatic carbocycles. The third-order valence-corrected chi connectivity index (χ3v) is 8.29. The van der Waals surface area contributed by atoms with E-state index >= 15 is 0 Å². The molecule has 14 heteroatoms. The van der Waals surface area contributed by atoms with Crippen LogP contribution in [0.15, 0.2) is 84.9 Å². The van der Waals surface area contributed by atoms with E-state index in [1.54, 1.807) is 54.8 Å². The summed E-state index contributed by atoms with van der Waals surface area (Å²) in [7, 11) is 0. The molecule has 0 radical (unpaired) electrons. The van der Waals surface area contributed by atoms with Crippen molar-refractivity contribution in [1.82, 2.24) is 24.4 Å². The van der Waals surface area contributed by atoms with Gasteiger partial charge in [-0.1, -0.05) is 0 Å². The fraction of sp³-hybridized carbons (Fsp3) is 0.317. The number of fused-ring (bicyclic) bond motifs is 2. The molecule has 6 rings (SSSR count). The second-order valence-electron chi connectivity index (χ2n) is 12.1. The van der Waals surface area contributed by atoms with Gasteiger partial charge in [0.15, 0.2) is 12.1 Å². The van der Waals surface area contributed by atoms with E-state index in [4.69, 9.17) is 28.7 Å². The minimum Gasteiger partial charge on any atom is -0.465 e. The number of aldehydes is 1. The van der Waals surface area contributed by atoms with Crippen LogP contribution < -0.4 is 14.8 Å². The lowest BCUT2D eigenvalue weighted by Crippen LogP contribution is -2.35. The van der Waals surface area contributed by atoms with Crippen molar-refractivity contribution in [3.05, 3.63) is 108 Å². The molecule has 0 amide bonds. The third kappa shape index (κ3) is 11.2. The van der Waals surface area contributed by atoms with Crippen molar-refractivity contribution in [3.63, 3.8) is 0 Å². The average Bonchev–Trinajstić information content (AvgIpc) is 3.72. The standard InChI is InChI=1S/C23H28FN3O4.C18H17FN2O3/c1-4-29-13-12-27-21-14-19(31-18-8-6-17(24)7-9-18)10-11-20(21)26-22(27)15-25-16(3)23(28)30-5-2;1-2-23-10-9-21-17-11-15(7-8-16(17)20-18(21)12-22)24-14-5-3-13(19)4-6-14/h6-11,14,16,25H,4-5,12-13,15H2,1-3H3;3-8,11-12H,2,9-10H2,1H3/t16-;/m0./s1. The molecule has 2 aromatic heterocycles. The van der Waals surface area contributed by atoms with Gasteiger partial charge in [-0.25, -0.2) is 18.7 Å². The summed E-state index contributed by atoms with van der Waals surface area (Å²) in [6, 6.07) is 22.2. The molecule has 4 aromatic carbocycles. The molecule has 12 nitrogen and oxygen atoms in total. The third-order valence-electron chi connectivity index (χ3n) is 8.29. The number of carbonyl (C=O) groups is 2. The first kappa shape index (κ1) is 40.5. The first-order valence-electron chi connectivity index (χ1n) is 18.1.